The molecule has 0 unspecified atom stereocenters. The Kier molecular flexibility index (Phi) is 5.91. The minimum atomic E-state index is -0.482. The molecule has 0 aliphatic carbocycles. The lowest BCUT2D eigenvalue weighted by Gasteiger charge is -2.32. The lowest BCUT2D eigenvalue weighted by atomic mass is 10.1. The average Bonchev–Trinajstić information content (AvgIpc) is 2.69. The van der Waals surface area contributed by atoms with Gasteiger partial charge in [0.05, 0.1) is 44.8 Å². The lowest BCUT2D eigenvalue weighted by molar-refractivity contribution is -0.902. The van der Waals surface area contributed by atoms with E-state index in [-0.39, 0.29) is 17.4 Å². The molecule has 0 spiro atoms. The van der Waals surface area contributed by atoms with Gasteiger partial charge in [0.2, 0.25) is 0 Å². The molecule has 26 heavy (non-hydrogen) atoms. The van der Waals surface area contributed by atoms with Crippen molar-refractivity contribution >= 4 is 11.8 Å². The first kappa shape index (κ1) is 18.0. The summed E-state index contributed by atoms with van der Waals surface area (Å²) in [4.78, 5) is 31.4. The van der Waals surface area contributed by atoms with E-state index >= 15 is 0 Å². The zero-order valence-electron chi connectivity index (χ0n) is 14.5. The molecule has 0 bridgehead atoms. The third-order valence-electron chi connectivity index (χ3n) is 4.52. The fourth-order valence-electron chi connectivity index (χ4n) is 3.02. The van der Waals surface area contributed by atoms with Crippen LogP contribution >= 0.6 is 0 Å². The Labute approximate surface area is 151 Å². The van der Waals surface area contributed by atoms with Crippen LogP contribution in [0.25, 0.3) is 0 Å². The Balaban J connectivity index is 1.42. The quantitative estimate of drug-likeness (QED) is 0.791. The maximum Gasteiger partial charge on any atom is 0.270 e. The van der Waals surface area contributed by atoms with Gasteiger partial charge in [-0.05, 0) is 24.3 Å². The van der Waals surface area contributed by atoms with Gasteiger partial charge in [0.1, 0.15) is 11.5 Å². The number of piperazine rings is 1. The average molecular weight is 357 g/mol. The van der Waals surface area contributed by atoms with E-state index in [1.165, 1.54) is 17.0 Å². The van der Waals surface area contributed by atoms with Gasteiger partial charge in [-0.1, -0.05) is 18.2 Å². The molecule has 0 saturated carbocycles. The first-order chi connectivity index (χ1) is 12.6. The van der Waals surface area contributed by atoms with Gasteiger partial charge in [0.15, 0.2) is 0 Å². The van der Waals surface area contributed by atoms with Crippen molar-refractivity contribution in [2.45, 2.75) is 0 Å². The van der Waals surface area contributed by atoms with Crippen molar-refractivity contribution in [1.82, 2.24) is 15.2 Å². The van der Waals surface area contributed by atoms with Gasteiger partial charge in [-0.2, -0.15) is 0 Å². The number of hydrogen-bond acceptors (Lipinski definition) is 3. The molecule has 1 fully saturated rings. The number of halogens is 1. The van der Waals surface area contributed by atoms with Crippen molar-refractivity contribution in [3.8, 4) is 0 Å². The first-order valence-electron chi connectivity index (χ1n) is 8.72. The highest BCUT2D eigenvalue weighted by Gasteiger charge is 2.25. The molecule has 7 heteroatoms. The maximum atomic E-state index is 13.8. The Morgan fingerprint density at radius 1 is 1.12 bits per heavy atom. The fourth-order valence-corrected chi connectivity index (χ4v) is 3.02. The number of pyridine rings is 1. The smallest absolute Gasteiger partial charge is 0.270 e. The Hall–Kier alpha value is -2.80. The van der Waals surface area contributed by atoms with Crippen LogP contribution in [0, 0.1) is 5.82 Å². The van der Waals surface area contributed by atoms with E-state index in [1.807, 2.05) is 0 Å². The van der Waals surface area contributed by atoms with Crippen LogP contribution < -0.4 is 10.2 Å². The molecule has 0 radical (unpaired) electrons. The summed E-state index contributed by atoms with van der Waals surface area (Å²) in [5.74, 6) is -0.923. The van der Waals surface area contributed by atoms with Gasteiger partial charge >= 0.3 is 0 Å². The van der Waals surface area contributed by atoms with E-state index in [9.17, 15) is 14.0 Å². The fraction of sp³-hybridized carbons (Fsp3) is 0.316. The molecule has 0 atom stereocenters. The lowest BCUT2D eigenvalue weighted by Crippen LogP contribution is -3.15. The van der Waals surface area contributed by atoms with E-state index in [1.54, 1.807) is 41.4 Å². The van der Waals surface area contributed by atoms with Crippen molar-refractivity contribution < 1.29 is 18.9 Å². The zero-order valence-corrected chi connectivity index (χ0v) is 14.5. The Morgan fingerprint density at radius 3 is 2.54 bits per heavy atom. The van der Waals surface area contributed by atoms with E-state index in [2.05, 4.69) is 10.3 Å². The summed E-state index contributed by atoms with van der Waals surface area (Å²) in [6, 6.07) is 11.3. The highest BCUT2D eigenvalue weighted by atomic mass is 19.1. The summed E-state index contributed by atoms with van der Waals surface area (Å²) in [5.41, 5.74) is 0.529. The van der Waals surface area contributed by atoms with E-state index in [0.29, 0.717) is 25.3 Å². The minimum Gasteiger partial charge on any atom is -0.345 e. The summed E-state index contributed by atoms with van der Waals surface area (Å²) in [6.07, 6.45) is 1.59. The molecule has 136 valence electrons. The largest absolute Gasteiger partial charge is 0.345 e. The zero-order chi connectivity index (χ0) is 18.4. The van der Waals surface area contributed by atoms with Gasteiger partial charge in [-0.3, -0.25) is 14.6 Å². The highest BCUT2D eigenvalue weighted by molar-refractivity contribution is 5.94. The number of nitrogens with zero attached hydrogens (tertiary/aromatic N) is 2. The topological polar surface area (TPSA) is 66.7 Å². The predicted molar refractivity (Wildman–Crippen MR) is 94.4 cm³/mol. The van der Waals surface area contributed by atoms with Crippen molar-refractivity contribution in [3.63, 3.8) is 0 Å². The number of carbonyl (C=O) groups is 2. The molecule has 1 aromatic carbocycles. The molecule has 2 amide bonds. The second-order valence-electron chi connectivity index (χ2n) is 6.24. The van der Waals surface area contributed by atoms with Crippen LogP contribution in [-0.2, 0) is 0 Å². The third kappa shape index (κ3) is 4.43. The normalized spacial score (nSPS) is 14.9. The third-order valence-corrected chi connectivity index (χ3v) is 4.52. The molecule has 2 aromatic rings. The molecular formula is C19H22FN4O2+. The molecule has 2 N–H and O–H groups in total. The molecule has 1 aliphatic rings. The summed E-state index contributed by atoms with van der Waals surface area (Å²) in [6.45, 7) is 4.04. The number of hydrogen-bond donors (Lipinski definition) is 2. The number of rotatable bonds is 5. The number of aromatic nitrogens is 1. The van der Waals surface area contributed by atoms with Crippen LogP contribution in [0.2, 0.25) is 0 Å². The molecule has 1 saturated heterocycles. The first-order valence-corrected chi connectivity index (χ1v) is 8.72. The number of amides is 2. The van der Waals surface area contributed by atoms with Crippen LogP contribution in [0.1, 0.15) is 20.8 Å². The van der Waals surface area contributed by atoms with Crippen molar-refractivity contribution in [3.05, 3.63) is 65.7 Å². The van der Waals surface area contributed by atoms with E-state index in [0.717, 1.165) is 19.6 Å². The summed E-state index contributed by atoms with van der Waals surface area (Å²) in [5, 5.41) is 2.86. The molecule has 3 rings (SSSR count). The predicted octanol–water partition coefficient (Wildman–Crippen LogP) is -0.00860. The van der Waals surface area contributed by atoms with Gasteiger partial charge in [-0.25, -0.2) is 4.39 Å². The van der Waals surface area contributed by atoms with Crippen molar-refractivity contribution in [2.75, 3.05) is 39.3 Å². The Bertz CT molecular complexity index is 761. The van der Waals surface area contributed by atoms with Crippen LogP contribution in [-0.4, -0.2) is 61.0 Å². The Morgan fingerprint density at radius 2 is 1.85 bits per heavy atom. The molecule has 2 heterocycles. The molecule has 6 nitrogen and oxygen atoms in total. The standard InChI is InChI=1S/C19H21FN4O2/c20-16-6-2-1-5-15(16)19(26)24-13-11-23(12-14-24)10-9-22-18(25)17-7-3-4-8-21-17/h1-8H,9-14H2,(H,22,25)/p+1. The van der Waals surface area contributed by atoms with Gasteiger partial charge in [0.25, 0.3) is 11.8 Å². The van der Waals surface area contributed by atoms with Crippen LogP contribution in [0.5, 0.6) is 0 Å². The minimum absolute atomic E-state index is 0.124. The SMILES string of the molecule is O=C(NCC[NH+]1CCN(C(=O)c2ccccc2F)CC1)c1ccccn1. The van der Waals surface area contributed by atoms with Crippen LogP contribution in [0.15, 0.2) is 48.7 Å². The summed E-state index contributed by atoms with van der Waals surface area (Å²) in [7, 11) is 0. The maximum absolute atomic E-state index is 13.8. The van der Waals surface area contributed by atoms with Gasteiger partial charge < -0.3 is 15.1 Å². The second kappa shape index (κ2) is 8.53. The number of benzene rings is 1. The molecule has 1 aliphatic heterocycles. The van der Waals surface area contributed by atoms with Crippen molar-refractivity contribution in [1.29, 1.82) is 0 Å². The second-order valence-corrected chi connectivity index (χ2v) is 6.24. The molecular weight excluding hydrogens is 335 g/mol. The van der Waals surface area contributed by atoms with Crippen LogP contribution in [0.4, 0.5) is 4.39 Å². The molecule has 1 aromatic heterocycles. The monoisotopic (exact) mass is 357 g/mol. The van der Waals surface area contributed by atoms with E-state index in [4.69, 9.17) is 0 Å². The van der Waals surface area contributed by atoms with Crippen molar-refractivity contribution in [2.24, 2.45) is 0 Å². The summed E-state index contributed by atoms with van der Waals surface area (Å²) >= 11 is 0. The van der Waals surface area contributed by atoms with Gasteiger partial charge in [-0.15, -0.1) is 0 Å². The number of nitrogens with one attached hydrogen (secondary N) is 2. The number of carbonyl (C=O) groups excluding carboxylic acids is 2. The summed E-state index contributed by atoms with van der Waals surface area (Å²) < 4.78 is 13.8. The number of quaternary nitrogens is 1. The highest BCUT2D eigenvalue weighted by Crippen LogP contribution is 2.10. The van der Waals surface area contributed by atoms with Gasteiger partial charge in [0, 0.05) is 6.20 Å². The van der Waals surface area contributed by atoms with Crippen LogP contribution in [0.3, 0.4) is 0 Å². The van der Waals surface area contributed by atoms with E-state index < -0.39 is 5.82 Å².